The van der Waals surface area contributed by atoms with Crippen molar-refractivity contribution in [1.29, 1.82) is 0 Å². The molecule has 0 saturated heterocycles. The number of thioether (sulfide) groups is 1. The van der Waals surface area contributed by atoms with Crippen molar-refractivity contribution in [2.45, 2.75) is 39.3 Å². The number of amides is 1. The fraction of sp³-hybridized carbons (Fsp3) is 0.320. The van der Waals surface area contributed by atoms with Crippen LogP contribution in [0.5, 0.6) is 0 Å². The summed E-state index contributed by atoms with van der Waals surface area (Å²) < 4.78 is 5.53. The van der Waals surface area contributed by atoms with Crippen molar-refractivity contribution in [3.63, 3.8) is 0 Å². The van der Waals surface area contributed by atoms with Crippen LogP contribution < -0.4 is 5.32 Å². The Morgan fingerprint density at radius 1 is 1.09 bits per heavy atom. The highest BCUT2D eigenvalue weighted by Crippen LogP contribution is 2.24. The van der Waals surface area contributed by atoms with Gasteiger partial charge in [-0.1, -0.05) is 35.9 Å². The second kappa shape index (κ2) is 10.5. The van der Waals surface area contributed by atoms with Crippen molar-refractivity contribution in [2.75, 3.05) is 12.0 Å². The zero-order chi connectivity index (χ0) is 23.3. The first-order chi connectivity index (χ1) is 15.3. The number of aromatic nitrogens is 1. The molecule has 168 valence electrons. The Hall–Kier alpha value is -3.06. The number of H-pyrrole nitrogens is 1. The molecule has 1 amide bonds. The maximum absolute atomic E-state index is 13.1. The van der Waals surface area contributed by atoms with E-state index in [1.54, 1.807) is 36.9 Å². The highest BCUT2D eigenvalue weighted by Gasteiger charge is 2.29. The van der Waals surface area contributed by atoms with E-state index in [0.29, 0.717) is 23.3 Å². The summed E-state index contributed by atoms with van der Waals surface area (Å²) in [6.07, 6.45) is 1.36. The molecule has 0 saturated carbocycles. The summed E-state index contributed by atoms with van der Waals surface area (Å²) in [5.74, 6) is -0.568. The molecule has 3 aromatic rings. The van der Waals surface area contributed by atoms with Crippen LogP contribution >= 0.6 is 11.8 Å². The number of ether oxygens (including phenoxy) is 1. The van der Waals surface area contributed by atoms with Gasteiger partial charge in [-0.15, -0.1) is 0 Å². The van der Waals surface area contributed by atoms with E-state index in [0.717, 1.165) is 22.2 Å². The number of nitrogens with one attached hydrogen (secondary N) is 2. The molecule has 0 aliphatic rings. The number of carbonyl (C=O) groups excluding carboxylic acids is 3. The summed E-state index contributed by atoms with van der Waals surface area (Å²) in [5, 5.41) is 3.57. The second-order valence-electron chi connectivity index (χ2n) is 7.79. The van der Waals surface area contributed by atoms with Gasteiger partial charge in [0.05, 0.1) is 0 Å². The first-order valence-corrected chi connectivity index (χ1v) is 11.9. The van der Waals surface area contributed by atoms with Crippen LogP contribution in [0.25, 0.3) is 10.9 Å². The topological polar surface area (TPSA) is 88.3 Å². The van der Waals surface area contributed by atoms with Gasteiger partial charge in [0.15, 0.2) is 6.10 Å². The number of hydrogen-bond acceptors (Lipinski definition) is 5. The number of ketones is 1. The van der Waals surface area contributed by atoms with Crippen LogP contribution in [0.4, 0.5) is 0 Å². The van der Waals surface area contributed by atoms with Crippen molar-refractivity contribution in [2.24, 2.45) is 0 Å². The molecule has 0 aliphatic carbocycles. The summed E-state index contributed by atoms with van der Waals surface area (Å²) in [6, 6.07) is 13.8. The molecule has 1 aromatic heterocycles. The average molecular weight is 453 g/mol. The molecule has 32 heavy (non-hydrogen) atoms. The summed E-state index contributed by atoms with van der Waals surface area (Å²) in [5.41, 5.74) is 3.53. The zero-order valence-corrected chi connectivity index (χ0v) is 19.5. The van der Waals surface area contributed by atoms with Crippen molar-refractivity contribution in [3.05, 3.63) is 70.9 Å². The number of aromatic amines is 1. The third-order valence-electron chi connectivity index (χ3n) is 5.28. The van der Waals surface area contributed by atoms with E-state index in [9.17, 15) is 14.4 Å². The van der Waals surface area contributed by atoms with Gasteiger partial charge in [-0.2, -0.15) is 11.8 Å². The second-order valence-corrected chi connectivity index (χ2v) is 8.78. The lowest BCUT2D eigenvalue weighted by atomic mass is 10.0. The molecule has 0 unspecified atom stereocenters. The third-order valence-corrected chi connectivity index (χ3v) is 5.93. The van der Waals surface area contributed by atoms with Crippen LogP contribution in [0.1, 0.15) is 45.3 Å². The monoisotopic (exact) mass is 452 g/mol. The van der Waals surface area contributed by atoms with Gasteiger partial charge < -0.3 is 15.0 Å². The zero-order valence-electron chi connectivity index (χ0n) is 18.7. The predicted octanol–water partition coefficient (Wildman–Crippen LogP) is 4.45. The SMILES string of the molecule is CSCC[C@@H](NC(=O)c1cccc(C)c1)C(=O)O[C@H](C)C(=O)c1c(C)[nH]c2ccccc12. The molecule has 0 radical (unpaired) electrons. The van der Waals surface area contributed by atoms with E-state index in [-0.39, 0.29) is 11.7 Å². The fourth-order valence-electron chi connectivity index (χ4n) is 3.62. The maximum atomic E-state index is 13.1. The highest BCUT2D eigenvalue weighted by atomic mass is 32.2. The van der Waals surface area contributed by atoms with Crippen LogP contribution in [-0.4, -0.2) is 46.8 Å². The van der Waals surface area contributed by atoms with E-state index in [1.165, 1.54) is 0 Å². The standard InChI is InChI=1S/C25H28N2O4S/c1-15-8-7-9-18(14-15)24(29)27-21(12-13-32-4)25(30)31-17(3)23(28)22-16(2)26-20-11-6-5-10-19(20)22/h5-11,14,17,21,26H,12-13H2,1-4H3,(H,27,29)/t17-,21-/m1/s1. The quantitative estimate of drug-likeness (QED) is 0.370. The molecule has 2 aromatic carbocycles. The van der Waals surface area contributed by atoms with Gasteiger partial charge in [0.2, 0.25) is 5.78 Å². The predicted molar refractivity (Wildman–Crippen MR) is 128 cm³/mol. The molecule has 3 rings (SSSR count). The lowest BCUT2D eigenvalue weighted by Crippen LogP contribution is -2.44. The minimum Gasteiger partial charge on any atom is -0.453 e. The minimum absolute atomic E-state index is 0.276. The smallest absolute Gasteiger partial charge is 0.329 e. The van der Waals surface area contributed by atoms with Crippen LogP contribution in [-0.2, 0) is 9.53 Å². The number of aryl methyl sites for hydroxylation is 2. The number of esters is 1. The molecule has 7 heteroatoms. The van der Waals surface area contributed by atoms with E-state index in [4.69, 9.17) is 4.74 Å². The molecule has 0 aliphatic heterocycles. The van der Waals surface area contributed by atoms with Gasteiger partial charge in [0, 0.05) is 27.7 Å². The Kier molecular flexibility index (Phi) is 7.75. The Morgan fingerprint density at radius 3 is 2.56 bits per heavy atom. The van der Waals surface area contributed by atoms with Crippen LogP contribution in [0.2, 0.25) is 0 Å². The molecule has 0 fully saturated rings. The summed E-state index contributed by atoms with van der Waals surface area (Å²) >= 11 is 1.57. The first kappa shape index (κ1) is 23.6. The highest BCUT2D eigenvalue weighted by molar-refractivity contribution is 7.98. The number of hydrogen-bond donors (Lipinski definition) is 2. The molecule has 2 atom stereocenters. The third kappa shape index (κ3) is 5.40. The molecule has 0 bridgehead atoms. The van der Waals surface area contributed by atoms with Gasteiger partial charge in [-0.05, 0) is 57.4 Å². The normalized spacial score (nSPS) is 12.9. The van der Waals surface area contributed by atoms with Crippen molar-refractivity contribution >= 4 is 40.3 Å². The number of rotatable bonds is 9. The Morgan fingerprint density at radius 2 is 1.84 bits per heavy atom. The van der Waals surface area contributed by atoms with Gasteiger partial charge in [0.25, 0.3) is 5.91 Å². The lowest BCUT2D eigenvalue weighted by Gasteiger charge is -2.20. The number of benzene rings is 2. The Labute approximate surface area is 192 Å². The minimum atomic E-state index is -0.979. The van der Waals surface area contributed by atoms with Gasteiger partial charge in [-0.25, -0.2) is 4.79 Å². The maximum Gasteiger partial charge on any atom is 0.329 e. The fourth-order valence-corrected chi connectivity index (χ4v) is 4.09. The average Bonchev–Trinajstić information content (AvgIpc) is 3.11. The largest absolute Gasteiger partial charge is 0.453 e. The summed E-state index contributed by atoms with van der Waals surface area (Å²) in [7, 11) is 0. The number of fused-ring (bicyclic) bond motifs is 1. The van der Waals surface area contributed by atoms with Gasteiger partial charge in [0.1, 0.15) is 6.04 Å². The molecular weight excluding hydrogens is 424 g/mol. The molecule has 0 spiro atoms. The van der Waals surface area contributed by atoms with E-state index in [2.05, 4.69) is 10.3 Å². The number of para-hydroxylation sites is 1. The Bertz CT molecular complexity index is 1140. The van der Waals surface area contributed by atoms with E-state index in [1.807, 2.05) is 50.4 Å². The number of Topliss-reactive ketones (excluding diaryl/α,β-unsaturated/α-hetero) is 1. The van der Waals surface area contributed by atoms with Crippen molar-refractivity contribution in [1.82, 2.24) is 10.3 Å². The van der Waals surface area contributed by atoms with Crippen LogP contribution in [0.15, 0.2) is 48.5 Å². The molecule has 2 N–H and O–H groups in total. The number of carbonyl (C=O) groups is 3. The van der Waals surface area contributed by atoms with Crippen LogP contribution in [0, 0.1) is 13.8 Å². The first-order valence-electron chi connectivity index (χ1n) is 10.5. The van der Waals surface area contributed by atoms with Gasteiger partial charge in [-0.3, -0.25) is 9.59 Å². The van der Waals surface area contributed by atoms with E-state index >= 15 is 0 Å². The summed E-state index contributed by atoms with van der Waals surface area (Å²) in [6.45, 7) is 5.29. The van der Waals surface area contributed by atoms with Crippen LogP contribution in [0.3, 0.4) is 0 Å². The van der Waals surface area contributed by atoms with Gasteiger partial charge >= 0.3 is 5.97 Å². The van der Waals surface area contributed by atoms with Crippen molar-refractivity contribution in [3.8, 4) is 0 Å². The van der Waals surface area contributed by atoms with Crippen molar-refractivity contribution < 1.29 is 19.1 Å². The molecule has 1 heterocycles. The Balaban J connectivity index is 1.74. The molecular formula is C25H28N2O4S. The molecule has 6 nitrogen and oxygen atoms in total. The lowest BCUT2D eigenvalue weighted by molar-refractivity contribution is -0.148. The van der Waals surface area contributed by atoms with E-state index < -0.39 is 18.1 Å². The summed E-state index contributed by atoms with van der Waals surface area (Å²) in [4.78, 5) is 41.9.